The van der Waals surface area contributed by atoms with Gasteiger partial charge in [-0.2, -0.15) is 0 Å². The van der Waals surface area contributed by atoms with Crippen molar-refractivity contribution in [1.29, 1.82) is 0 Å². The Morgan fingerprint density at radius 2 is 1.68 bits per heavy atom. The second-order valence-electron chi connectivity index (χ2n) is 8.11. The van der Waals surface area contributed by atoms with Crippen LogP contribution in [0.3, 0.4) is 0 Å². The predicted octanol–water partition coefficient (Wildman–Crippen LogP) is 4.14. The van der Waals surface area contributed by atoms with Gasteiger partial charge in [0.25, 0.3) is 0 Å². The number of carboxylic acid groups (broad SMARTS) is 1. The van der Waals surface area contributed by atoms with E-state index in [9.17, 15) is 29.9 Å². The summed E-state index contributed by atoms with van der Waals surface area (Å²) in [7, 11) is 0. The van der Waals surface area contributed by atoms with E-state index in [1.54, 1.807) is 6.92 Å². The number of aryl methyl sites for hydroxylation is 1. The van der Waals surface area contributed by atoms with Crippen molar-refractivity contribution in [2.75, 3.05) is 6.61 Å². The third-order valence-electron chi connectivity index (χ3n) is 5.87. The van der Waals surface area contributed by atoms with Crippen LogP contribution >= 0.6 is 0 Å². The molecule has 3 aromatic rings. The molecule has 0 aromatic heterocycles. The Balaban J connectivity index is 1.47. The molecule has 1 amide bonds. The van der Waals surface area contributed by atoms with Gasteiger partial charge in [0.05, 0.1) is 4.92 Å². The first kappa shape index (κ1) is 22.8. The third-order valence-corrected chi connectivity index (χ3v) is 5.87. The molecule has 34 heavy (non-hydrogen) atoms. The van der Waals surface area contributed by atoms with E-state index in [0.717, 1.165) is 22.3 Å². The fraction of sp³-hybridized carbons (Fsp3) is 0.200. The SMILES string of the molecule is Cc1cc(CC(NC(=O)OCC2c3ccccc3-c3ccccc32)C(=O)O)c(O)c([N+](=O)[O-])c1. The molecule has 1 unspecified atom stereocenters. The highest BCUT2D eigenvalue weighted by molar-refractivity contribution is 5.81. The number of aromatic hydroxyl groups is 1. The quantitative estimate of drug-likeness (QED) is 0.354. The van der Waals surface area contributed by atoms with Crippen LogP contribution < -0.4 is 5.32 Å². The summed E-state index contributed by atoms with van der Waals surface area (Å²) < 4.78 is 5.39. The van der Waals surface area contributed by atoms with Gasteiger partial charge in [-0.1, -0.05) is 54.6 Å². The number of aliphatic carboxylic acids is 1. The number of fused-ring (bicyclic) bond motifs is 3. The van der Waals surface area contributed by atoms with Crippen molar-refractivity contribution in [1.82, 2.24) is 5.32 Å². The number of nitro benzene ring substituents is 1. The summed E-state index contributed by atoms with van der Waals surface area (Å²) in [5, 5.41) is 33.2. The molecule has 3 N–H and O–H groups in total. The van der Waals surface area contributed by atoms with Gasteiger partial charge in [0.2, 0.25) is 0 Å². The van der Waals surface area contributed by atoms with Crippen LogP contribution in [0, 0.1) is 17.0 Å². The number of phenolic OH excluding ortho intramolecular Hbond substituents is 1. The number of carboxylic acids is 1. The predicted molar refractivity (Wildman–Crippen MR) is 123 cm³/mol. The fourth-order valence-corrected chi connectivity index (χ4v) is 4.33. The largest absolute Gasteiger partial charge is 0.502 e. The zero-order valence-corrected chi connectivity index (χ0v) is 18.2. The maximum Gasteiger partial charge on any atom is 0.407 e. The first-order chi connectivity index (χ1) is 16.3. The molecule has 9 heteroatoms. The number of phenols is 1. The van der Waals surface area contributed by atoms with E-state index in [1.165, 1.54) is 12.1 Å². The molecule has 1 atom stereocenters. The highest BCUT2D eigenvalue weighted by Gasteiger charge is 2.30. The number of amides is 1. The van der Waals surface area contributed by atoms with Gasteiger partial charge in [0.1, 0.15) is 12.6 Å². The number of rotatable bonds is 7. The second-order valence-corrected chi connectivity index (χ2v) is 8.11. The van der Waals surface area contributed by atoms with Crippen molar-refractivity contribution in [3.63, 3.8) is 0 Å². The molecule has 9 nitrogen and oxygen atoms in total. The number of nitrogens with zero attached hydrogens (tertiary/aromatic N) is 1. The number of ether oxygens (including phenoxy) is 1. The van der Waals surface area contributed by atoms with Crippen LogP contribution in [0.5, 0.6) is 5.75 Å². The number of carbonyl (C=O) groups excluding carboxylic acids is 1. The molecule has 174 valence electrons. The summed E-state index contributed by atoms with van der Waals surface area (Å²) in [6.45, 7) is 1.60. The molecule has 0 spiro atoms. The number of alkyl carbamates (subject to hydrolysis) is 1. The standard InChI is InChI=1S/C25H22N2O7/c1-14-10-15(23(28)22(11-14)27(32)33)12-21(24(29)30)26-25(31)34-13-20-18-8-4-2-6-16(18)17-7-3-5-9-19(17)20/h2-11,20-21,28H,12-13H2,1H3,(H,26,31)(H,29,30). The normalized spacial score (nSPS) is 13.0. The Kier molecular flexibility index (Phi) is 6.18. The number of carbonyl (C=O) groups is 2. The first-order valence-corrected chi connectivity index (χ1v) is 10.6. The van der Waals surface area contributed by atoms with Gasteiger partial charge in [0.15, 0.2) is 5.75 Å². The molecular formula is C25H22N2O7. The number of benzene rings is 3. The minimum atomic E-state index is -1.46. The Morgan fingerprint density at radius 3 is 2.24 bits per heavy atom. The summed E-state index contributed by atoms with van der Waals surface area (Å²) in [5.74, 6) is -2.18. The number of nitrogens with one attached hydrogen (secondary N) is 1. The van der Waals surface area contributed by atoms with Crippen LogP contribution in [0.4, 0.5) is 10.5 Å². The summed E-state index contributed by atoms with van der Waals surface area (Å²) in [5.41, 5.74) is 4.15. The molecule has 0 saturated carbocycles. The van der Waals surface area contributed by atoms with Crippen molar-refractivity contribution < 1.29 is 29.5 Å². The topological polar surface area (TPSA) is 139 Å². The van der Waals surface area contributed by atoms with Gasteiger partial charge < -0.3 is 20.3 Å². The molecule has 0 bridgehead atoms. The molecule has 4 rings (SSSR count). The Hall–Kier alpha value is -4.40. The molecule has 1 aliphatic rings. The second kappa shape index (κ2) is 9.22. The van der Waals surface area contributed by atoms with Gasteiger partial charge in [-0.15, -0.1) is 0 Å². The van der Waals surface area contributed by atoms with E-state index in [1.807, 2.05) is 48.5 Å². The fourth-order valence-electron chi connectivity index (χ4n) is 4.33. The van der Waals surface area contributed by atoms with E-state index in [2.05, 4.69) is 5.32 Å². The van der Waals surface area contributed by atoms with Crippen LogP contribution in [-0.4, -0.2) is 39.8 Å². The molecule has 0 saturated heterocycles. The van der Waals surface area contributed by atoms with Crippen LogP contribution in [0.1, 0.15) is 28.2 Å². The lowest BCUT2D eigenvalue weighted by molar-refractivity contribution is -0.386. The highest BCUT2D eigenvalue weighted by atomic mass is 16.6. The van der Waals surface area contributed by atoms with Crippen LogP contribution in [0.25, 0.3) is 11.1 Å². The van der Waals surface area contributed by atoms with Crippen molar-refractivity contribution in [3.8, 4) is 16.9 Å². The molecular weight excluding hydrogens is 440 g/mol. The van der Waals surface area contributed by atoms with E-state index >= 15 is 0 Å². The van der Waals surface area contributed by atoms with E-state index in [0.29, 0.717) is 5.56 Å². The molecule has 3 aromatic carbocycles. The minimum Gasteiger partial charge on any atom is -0.502 e. The Labute approximate surface area is 194 Å². The summed E-state index contributed by atoms with van der Waals surface area (Å²) >= 11 is 0. The van der Waals surface area contributed by atoms with Crippen molar-refractivity contribution >= 4 is 17.7 Å². The van der Waals surface area contributed by atoms with Crippen LogP contribution in [0.2, 0.25) is 0 Å². The van der Waals surface area contributed by atoms with E-state index in [-0.39, 0.29) is 24.5 Å². The number of nitro groups is 1. The van der Waals surface area contributed by atoms with E-state index < -0.39 is 34.5 Å². The molecule has 1 aliphatic carbocycles. The van der Waals surface area contributed by atoms with Gasteiger partial charge in [-0.3, -0.25) is 10.1 Å². The lowest BCUT2D eigenvalue weighted by atomic mass is 9.98. The van der Waals surface area contributed by atoms with Gasteiger partial charge in [-0.05, 0) is 34.7 Å². The van der Waals surface area contributed by atoms with Gasteiger partial charge in [-0.25, -0.2) is 9.59 Å². The lowest BCUT2D eigenvalue weighted by Gasteiger charge is -2.18. The maximum atomic E-state index is 12.5. The molecule has 0 aliphatic heterocycles. The Bertz CT molecular complexity index is 1240. The minimum absolute atomic E-state index is 0.00731. The monoisotopic (exact) mass is 462 g/mol. The zero-order chi connectivity index (χ0) is 24.4. The number of hydrogen-bond donors (Lipinski definition) is 3. The summed E-state index contributed by atoms with van der Waals surface area (Å²) in [6, 6.07) is 16.8. The van der Waals surface area contributed by atoms with Crippen molar-refractivity contribution in [3.05, 3.63) is 93.0 Å². The Morgan fingerprint density at radius 1 is 1.09 bits per heavy atom. The van der Waals surface area contributed by atoms with Crippen LogP contribution in [0.15, 0.2) is 60.7 Å². The zero-order valence-electron chi connectivity index (χ0n) is 18.2. The van der Waals surface area contributed by atoms with E-state index in [4.69, 9.17) is 4.74 Å². The highest BCUT2D eigenvalue weighted by Crippen LogP contribution is 2.44. The van der Waals surface area contributed by atoms with Gasteiger partial charge in [0, 0.05) is 24.0 Å². The van der Waals surface area contributed by atoms with Gasteiger partial charge >= 0.3 is 17.7 Å². The van der Waals surface area contributed by atoms with Crippen LogP contribution in [-0.2, 0) is 16.0 Å². The lowest BCUT2D eigenvalue weighted by Crippen LogP contribution is -2.43. The third kappa shape index (κ3) is 4.40. The molecule has 0 fully saturated rings. The summed E-state index contributed by atoms with van der Waals surface area (Å²) in [4.78, 5) is 34.6. The molecule has 0 heterocycles. The molecule has 0 radical (unpaired) electrons. The average Bonchev–Trinajstić information content (AvgIpc) is 3.13. The number of hydrogen-bond acceptors (Lipinski definition) is 6. The van der Waals surface area contributed by atoms with Crippen molar-refractivity contribution in [2.45, 2.75) is 25.3 Å². The van der Waals surface area contributed by atoms with Crippen molar-refractivity contribution in [2.24, 2.45) is 0 Å². The first-order valence-electron chi connectivity index (χ1n) is 10.6. The average molecular weight is 462 g/mol. The smallest absolute Gasteiger partial charge is 0.407 e. The summed E-state index contributed by atoms with van der Waals surface area (Å²) in [6.07, 6.45) is -1.29. The maximum absolute atomic E-state index is 12.5.